The zero-order valence-corrected chi connectivity index (χ0v) is 18.1. The van der Waals surface area contributed by atoms with Crippen LogP contribution in [-0.4, -0.2) is 27.2 Å². The first-order valence-corrected chi connectivity index (χ1v) is 10.7. The monoisotopic (exact) mass is 492 g/mol. The third-order valence-corrected chi connectivity index (χ3v) is 5.87. The Kier molecular flexibility index (Phi) is 6.72. The molecule has 0 unspecified atom stereocenters. The summed E-state index contributed by atoms with van der Waals surface area (Å²) in [6.45, 7) is 0. The van der Waals surface area contributed by atoms with Gasteiger partial charge in [0.15, 0.2) is 0 Å². The number of rotatable bonds is 6. The fourth-order valence-corrected chi connectivity index (χ4v) is 3.97. The topological polar surface area (TPSA) is 117 Å². The molecule has 3 N–H and O–H groups in total. The molecule has 4 rings (SSSR count). The third-order valence-electron chi connectivity index (χ3n) is 5.87. The number of carbonyl (C=O) groups is 2. The predicted molar refractivity (Wildman–Crippen MR) is 116 cm³/mol. The van der Waals surface area contributed by atoms with Gasteiger partial charge >= 0.3 is 30.0 Å². The van der Waals surface area contributed by atoms with E-state index in [0.29, 0.717) is 25.7 Å². The van der Waals surface area contributed by atoms with Gasteiger partial charge in [-0.3, -0.25) is 9.59 Å². The maximum atomic E-state index is 14.6. The second kappa shape index (κ2) is 9.72. The molecule has 1 aliphatic carbocycles. The van der Waals surface area contributed by atoms with Crippen LogP contribution >= 0.6 is 0 Å². The van der Waals surface area contributed by atoms with Crippen LogP contribution in [0.25, 0.3) is 0 Å². The number of nitrogens with zero attached hydrogens (tertiary/aromatic N) is 2. The molecule has 0 spiro atoms. The van der Waals surface area contributed by atoms with E-state index in [1.165, 1.54) is 12.1 Å². The normalized spacial score (nSPS) is 18.2. The van der Waals surface area contributed by atoms with Crippen molar-refractivity contribution in [2.75, 3.05) is 10.6 Å². The number of anilines is 3. The summed E-state index contributed by atoms with van der Waals surface area (Å²) in [7, 11) is 0. The van der Waals surface area contributed by atoms with E-state index >= 15 is 0 Å². The molecule has 1 saturated carbocycles. The standard InChI is InChI=1S/C23H20F4N4O4/c24-17-11-14(12-1-3-13(4-2-12)21(33)34)5-10-18(17)29-19(32)20-30-31-22(35-20)28-16-8-6-15(7-9-16)23(25,26)27/h5-13H,1-4H2,(H,28,31)(H,29,32)(H,33,34)/t12-,13-. The SMILES string of the molecule is O=C(Nc1ccc([C@H]2CC[C@H](C(=O)O)CC2)cc1F)c1nnc(Nc2ccc(C(F)(F)F)cc2)o1. The first kappa shape index (κ1) is 24.2. The summed E-state index contributed by atoms with van der Waals surface area (Å²) >= 11 is 0. The summed E-state index contributed by atoms with van der Waals surface area (Å²) in [5.74, 6) is -3.16. The number of hydrogen-bond donors (Lipinski definition) is 3. The van der Waals surface area contributed by atoms with Crippen molar-refractivity contribution in [1.82, 2.24) is 10.2 Å². The maximum Gasteiger partial charge on any atom is 0.416 e. The molecule has 1 fully saturated rings. The van der Waals surface area contributed by atoms with Crippen LogP contribution in [0.15, 0.2) is 46.9 Å². The van der Waals surface area contributed by atoms with Crippen LogP contribution < -0.4 is 10.6 Å². The van der Waals surface area contributed by atoms with Crippen LogP contribution in [0.3, 0.4) is 0 Å². The molecule has 3 aromatic rings. The first-order valence-electron chi connectivity index (χ1n) is 10.7. The molecular weight excluding hydrogens is 472 g/mol. The molecule has 184 valence electrons. The maximum absolute atomic E-state index is 14.6. The van der Waals surface area contributed by atoms with Gasteiger partial charge in [-0.05, 0) is 73.6 Å². The van der Waals surface area contributed by atoms with Crippen LogP contribution in [0.2, 0.25) is 0 Å². The van der Waals surface area contributed by atoms with Gasteiger partial charge in [0.2, 0.25) is 0 Å². The number of benzene rings is 2. The van der Waals surface area contributed by atoms with Gasteiger partial charge in [-0.25, -0.2) is 4.39 Å². The highest BCUT2D eigenvalue weighted by Gasteiger charge is 2.30. The van der Waals surface area contributed by atoms with E-state index in [1.54, 1.807) is 6.07 Å². The minimum atomic E-state index is -4.47. The number of nitrogens with one attached hydrogen (secondary N) is 2. The lowest BCUT2D eigenvalue weighted by Gasteiger charge is -2.26. The molecule has 8 nitrogen and oxygen atoms in total. The van der Waals surface area contributed by atoms with Crippen molar-refractivity contribution < 1.29 is 36.7 Å². The lowest BCUT2D eigenvalue weighted by molar-refractivity contribution is -0.143. The molecule has 0 radical (unpaired) electrons. The molecule has 35 heavy (non-hydrogen) atoms. The van der Waals surface area contributed by atoms with Crippen LogP contribution in [0.4, 0.5) is 35.0 Å². The number of alkyl halides is 3. The highest BCUT2D eigenvalue weighted by molar-refractivity contribution is 6.01. The van der Waals surface area contributed by atoms with Crippen molar-refractivity contribution >= 4 is 29.3 Å². The van der Waals surface area contributed by atoms with Crippen molar-refractivity contribution in [3.05, 3.63) is 65.3 Å². The van der Waals surface area contributed by atoms with E-state index in [0.717, 1.165) is 29.8 Å². The van der Waals surface area contributed by atoms with E-state index in [4.69, 9.17) is 9.52 Å². The number of carbonyl (C=O) groups excluding carboxylic acids is 1. The second-order valence-corrected chi connectivity index (χ2v) is 8.19. The summed E-state index contributed by atoms with van der Waals surface area (Å²) in [5.41, 5.74) is 0.0286. The molecule has 1 aromatic heterocycles. The Labute approximate surface area is 196 Å². The largest absolute Gasteiger partial charge is 0.481 e. The Morgan fingerprint density at radius 2 is 1.69 bits per heavy atom. The minimum Gasteiger partial charge on any atom is -0.481 e. The average molecular weight is 492 g/mol. The van der Waals surface area contributed by atoms with Gasteiger partial charge in [0.05, 0.1) is 17.2 Å². The molecule has 0 aliphatic heterocycles. The molecule has 1 aliphatic rings. The van der Waals surface area contributed by atoms with Crippen LogP contribution in [-0.2, 0) is 11.0 Å². The van der Waals surface area contributed by atoms with E-state index in [9.17, 15) is 27.2 Å². The lowest BCUT2D eigenvalue weighted by atomic mass is 9.79. The molecule has 0 bridgehead atoms. The van der Waals surface area contributed by atoms with Gasteiger partial charge in [-0.15, -0.1) is 5.10 Å². The molecule has 0 saturated heterocycles. The van der Waals surface area contributed by atoms with E-state index in [2.05, 4.69) is 20.8 Å². The van der Waals surface area contributed by atoms with Crippen LogP contribution in [0.5, 0.6) is 0 Å². The lowest BCUT2D eigenvalue weighted by Crippen LogP contribution is -2.20. The van der Waals surface area contributed by atoms with Crippen molar-refractivity contribution in [3.8, 4) is 0 Å². The van der Waals surface area contributed by atoms with Gasteiger partial charge in [-0.2, -0.15) is 13.2 Å². The predicted octanol–water partition coefficient (Wildman–Crippen LogP) is 5.58. The van der Waals surface area contributed by atoms with Gasteiger partial charge in [0.1, 0.15) is 5.82 Å². The van der Waals surface area contributed by atoms with Crippen molar-refractivity contribution in [2.24, 2.45) is 5.92 Å². The summed E-state index contributed by atoms with van der Waals surface area (Å²) in [6, 6.07) is 8.23. The highest BCUT2D eigenvalue weighted by Crippen LogP contribution is 2.37. The number of carboxylic acid groups (broad SMARTS) is 1. The second-order valence-electron chi connectivity index (χ2n) is 8.19. The summed E-state index contributed by atoms with van der Waals surface area (Å²) in [4.78, 5) is 23.5. The number of halogens is 4. The zero-order chi connectivity index (χ0) is 25.2. The number of amides is 1. The Bertz CT molecular complexity index is 1220. The summed E-state index contributed by atoms with van der Waals surface area (Å²) in [6.07, 6.45) is -2.14. The smallest absolute Gasteiger partial charge is 0.416 e. The van der Waals surface area contributed by atoms with Gasteiger partial charge in [-0.1, -0.05) is 11.2 Å². The van der Waals surface area contributed by atoms with Crippen molar-refractivity contribution in [3.63, 3.8) is 0 Å². The zero-order valence-electron chi connectivity index (χ0n) is 18.1. The molecular formula is C23H20F4N4O4. The van der Waals surface area contributed by atoms with Crippen molar-refractivity contribution in [2.45, 2.75) is 37.8 Å². The van der Waals surface area contributed by atoms with E-state index < -0.39 is 35.3 Å². The van der Waals surface area contributed by atoms with Crippen LogP contribution in [0.1, 0.15) is 53.4 Å². The number of hydrogen-bond acceptors (Lipinski definition) is 6. The first-order chi connectivity index (χ1) is 16.6. The van der Waals surface area contributed by atoms with Gasteiger partial charge in [0.25, 0.3) is 0 Å². The molecule has 12 heteroatoms. The minimum absolute atomic E-state index is 0.0413. The van der Waals surface area contributed by atoms with Crippen molar-refractivity contribution in [1.29, 1.82) is 0 Å². The van der Waals surface area contributed by atoms with Crippen LogP contribution in [0, 0.1) is 11.7 Å². The molecule has 2 aromatic carbocycles. The van der Waals surface area contributed by atoms with E-state index in [1.807, 2.05) is 0 Å². The van der Waals surface area contributed by atoms with Gasteiger partial charge in [0, 0.05) is 5.69 Å². The fourth-order valence-electron chi connectivity index (χ4n) is 3.97. The Morgan fingerprint density at radius 3 is 2.29 bits per heavy atom. The number of aromatic nitrogens is 2. The molecule has 0 atom stereocenters. The quantitative estimate of drug-likeness (QED) is 0.385. The Balaban J connectivity index is 1.36. The Hall–Kier alpha value is -3.96. The highest BCUT2D eigenvalue weighted by atomic mass is 19.4. The average Bonchev–Trinajstić information content (AvgIpc) is 3.29. The molecule has 1 heterocycles. The Morgan fingerprint density at radius 1 is 1.00 bits per heavy atom. The molecule has 1 amide bonds. The fraction of sp³-hybridized carbons (Fsp3) is 0.304. The van der Waals surface area contributed by atoms with Gasteiger partial charge < -0.3 is 20.2 Å². The summed E-state index contributed by atoms with van der Waals surface area (Å²) < 4.78 is 57.8. The summed E-state index contributed by atoms with van der Waals surface area (Å²) in [5, 5.41) is 21.2. The number of aliphatic carboxylic acids is 1. The number of carboxylic acids is 1. The third kappa shape index (κ3) is 5.76. The van der Waals surface area contributed by atoms with E-state index in [-0.39, 0.29) is 29.2 Å².